The van der Waals surface area contributed by atoms with Gasteiger partial charge in [-0.1, -0.05) is 6.92 Å². The Morgan fingerprint density at radius 1 is 1.35 bits per heavy atom. The summed E-state index contributed by atoms with van der Waals surface area (Å²) in [5.41, 5.74) is 11.9. The van der Waals surface area contributed by atoms with Crippen LogP contribution in [-0.4, -0.2) is 43.3 Å². The molecule has 1 aliphatic carbocycles. The maximum absolute atomic E-state index is 6.06. The average Bonchev–Trinajstić information content (AvgIpc) is 2.99. The molecule has 4 heteroatoms. The number of nitrogens with zero attached hydrogens (tertiary/aromatic N) is 1. The zero-order chi connectivity index (χ0) is 12.4. The number of nitrogens with one attached hydrogen (secondary N) is 1. The van der Waals surface area contributed by atoms with Crippen LogP contribution in [0.15, 0.2) is 0 Å². The van der Waals surface area contributed by atoms with Crippen LogP contribution in [0.3, 0.4) is 0 Å². The van der Waals surface area contributed by atoms with Crippen molar-refractivity contribution in [1.82, 2.24) is 10.2 Å². The highest BCUT2D eigenvalue weighted by Gasteiger charge is 2.45. The summed E-state index contributed by atoms with van der Waals surface area (Å²) in [6.45, 7) is 4.13. The van der Waals surface area contributed by atoms with Gasteiger partial charge in [0.05, 0.1) is 6.17 Å². The predicted molar refractivity (Wildman–Crippen MR) is 71.5 cm³/mol. The normalized spacial score (nSPS) is 45.9. The van der Waals surface area contributed by atoms with Gasteiger partial charge in [0.1, 0.15) is 0 Å². The lowest BCUT2D eigenvalue weighted by molar-refractivity contribution is 0.201. The number of likely N-dealkylation sites (N-methyl/N-ethyl adjacent to an activating group) is 1. The zero-order valence-electron chi connectivity index (χ0n) is 11.2. The highest BCUT2D eigenvalue weighted by Crippen LogP contribution is 2.37. The molecule has 2 aliphatic rings. The second kappa shape index (κ2) is 5.65. The first-order chi connectivity index (χ1) is 8.21. The molecule has 0 amide bonds. The third kappa shape index (κ3) is 2.81. The second-order valence-corrected chi connectivity index (χ2v) is 5.69. The molecule has 2 fully saturated rings. The van der Waals surface area contributed by atoms with Crippen molar-refractivity contribution >= 4 is 0 Å². The molecular weight excluding hydrogens is 212 g/mol. The number of rotatable bonds is 5. The first-order valence-corrected chi connectivity index (χ1v) is 7.09. The van der Waals surface area contributed by atoms with E-state index in [2.05, 4.69) is 24.2 Å². The molecule has 2 rings (SSSR count). The lowest BCUT2D eigenvalue weighted by Crippen LogP contribution is -2.41. The van der Waals surface area contributed by atoms with E-state index in [0.29, 0.717) is 18.2 Å². The predicted octanol–water partition coefficient (Wildman–Crippen LogP) is 0.328. The van der Waals surface area contributed by atoms with E-state index in [1.165, 1.54) is 25.7 Å². The highest BCUT2D eigenvalue weighted by molar-refractivity contribution is 5.00. The van der Waals surface area contributed by atoms with Gasteiger partial charge in [-0.25, -0.2) is 0 Å². The molecule has 5 unspecified atom stereocenters. The maximum atomic E-state index is 6.06. The summed E-state index contributed by atoms with van der Waals surface area (Å²) in [7, 11) is 2.08. The molecule has 100 valence electrons. The van der Waals surface area contributed by atoms with Crippen molar-refractivity contribution < 1.29 is 0 Å². The third-order valence-corrected chi connectivity index (χ3v) is 4.83. The molecule has 17 heavy (non-hydrogen) atoms. The summed E-state index contributed by atoms with van der Waals surface area (Å²) in [5.74, 6) is 1.51. The lowest BCUT2D eigenvalue weighted by Gasteiger charge is -2.35. The van der Waals surface area contributed by atoms with E-state index < -0.39 is 0 Å². The van der Waals surface area contributed by atoms with E-state index in [1.807, 2.05) is 0 Å². The Balaban J connectivity index is 1.84. The van der Waals surface area contributed by atoms with Crippen molar-refractivity contribution in [1.29, 1.82) is 0 Å². The van der Waals surface area contributed by atoms with E-state index >= 15 is 0 Å². The minimum atomic E-state index is 0.324. The number of hydrogen-bond acceptors (Lipinski definition) is 4. The van der Waals surface area contributed by atoms with Crippen molar-refractivity contribution in [3.8, 4) is 0 Å². The monoisotopic (exact) mass is 240 g/mol. The van der Waals surface area contributed by atoms with Crippen molar-refractivity contribution in [2.75, 3.05) is 20.1 Å². The molecule has 0 aromatic rings. The first kappa shape index (κ1) is 13.3. The van der Waals surface area contributed by atoms with Crippen LogP contribution in [0.2, 0.25) is 0 Å². The first-order valence-electron chi connectivity index (χ1n) is 7.09. The van der Waals surface area contributed by atoms with Crippen LogP contribution in [0.1, 0.15) is 32.6 Å². The fourth-order valence-corrected chi connectivity index (χ4v) is 3.55. The summed E-state index contributed by atoms with van der Waals surface area (Å²) in [5, 5.41) is 3.48. The Morgan fingerprint density at radius 3 is 2.65 bits per heavy atom. The van der Waals surface area contributed by atoms with Crippen LogP contribution < -0.4 is 16.8 Å². The van der Waals surface area contributed by atoms with Crippen LogP contribution in [-0.2, 0) is 0 Å². The van der Waals surface area contributed by atoms with Gasteiger partial charge >= 0.3 is 0 Å². The largest absolute Gasteiger partial charge is 0.330 e. The molecule has 1 saturated heterocycles. The molecule has 0 radical (unpaired) electrons. The fraction of sp³-hybridized carbons (Fsp3) is 1.00. The van der Waals surface area contributed by atoms with Crippen molar-refractivity contribution in [2.45, 2.75) is 50.9 Å². The second-order valence-electron chi connectivity index (χ2n) is 5.69. The van der Waals surface area contributed by atoms with Gasteiger partial charge in [0.25, 0.3) is 0 Å². The molecule has 5 N–H and O–H groups in total. The van der Waals surface area contributed by atoms with E-state index in [0.717, 1.165) is 24.9 Å². The van der Waals surface area contributed by atoms with Gasteiger partial charge in [0.2, 0.25) is 0 Å². The summed E-state index contributed by atoms with van der Waals surface area (Å²) in [6.07, 6.45) is 5.44. The summed E-state index contributed by atoms with van der Waals surface area (Å²) in [6, 6.07) is 1.28. The Hall–Kier alpha value is -0.160. The van der Waals surface area contributed by atoms with Gasteiger partial charge in [0, 0.05) is 12.1 Å². The Labute approximate surface area is 105 Å². The Morgan fingerprint density at radius 2 is 2.12 bits per heavy atom. The maximum Gasteiger partial charge on any atom is 0.0736 e. The van der Waals surface area contributed by atoms with Gasteiger partial charge < -0.3 is 16.8 Å². The van der Waals surface area contributed by atoms with Gasteiger partial charge in [-0.3, -0.25) is 4.90 Å². The average molecular weight is 240 g/mol. The quantitative estimate of drug-likeness (QED) is 0.606. The Kier molecular flexibility index (Phi) is 4.42. The molecule has 1 aliphatic heterocycles. The van der Waals surface area contributed by atoms with Gasteiger partial charge in [-0.2, -0.15) is 0 Å². The van der Waals surface area contributed by atoms with Gasteiger partial charge in [0.15, 0.2) is 0 Å². The molecule has 1 saturated carbocycles. The minimum Gasteiger partial charge on any atom is -0.330 e. The SMILES string of the molecule is CCN1C(N)C1CC1CCC(CN)C[C@H]1NC. The highest BCUT2D eigenvalue weighted by atomic mass is 15.4. The standard InChI is InChI=1S/C13H28N4/c1-3-17-12(13(17)15)7-10-5-4-9(8-14)6-11(10)16-2/h9-13,16H,3-8,14-15H2,1-2H3/t9?,10?,11-,12?,13?,17?/m1/s1. The van der Waals surface area contributed by atoms with Gasteiger partial charge in [-0.15, -0.1) is 0 Å². The molecule has 1 heterocycles. The van der Waals surface area contributed by atoms with Crippen LogP contribution >= 0.6 is 0 Å². The molecule has 0 bridgehead atoms. The van der Waals surface area contributed by atoms with Crippen LogP contribution in [0.25, 0.3) is 0 Å². The summed E-state index contributed by atoms with van der Waals surface area (Å²) >= 11 is 0. The van der Waals surface area contributed by atoms with E-state index in [1.54, 1.807) is 0 Å². The molecule has 0 spiro atoms. The molecule has 0 aromatic carbocycles. The molecule has 6 atom stereocenters. The zero-order valence-corrected chi connectivity index (χ0v) is 11.2. The fourth-order valence-electron chi connectivity index (χ4n) is 3.55. The molecular formula is C13H28N4. The van der Waals surface area contributed by atoms with Gasteiger partial charge in [-0.05, 0) is 57.7 Å². The Bertz CT molecular complexity index is 246. The topological polar surface area (TPSA) is 67.1 Å². The summed E-state index contributed by atoms with van der Waals surface area (Å²) in [4.78, 5) is 2.39. The van der Waals surface area contributed by atoms with Crippen molar-refractivity contribution in [3.05, 3.63) is 0 Å². The van der Waals surface area contributed by atoms with Crippen LogP contribution in [0.5, 0.6) is 0 Å². The molecule has 4 nitrogen and oxygen atoms in total. The molecule has 0 aromatic heterocycles. The lowest BCUT2D eigenvalue weighted by atomic mass is 9.76. The summed E-state index contributed by atoms with van der Waals surface area (Å²) < 4.78 is 0. The van der Waals surface area contributed by atoms with Crippen molar-refractivity contribution in [3.63, 3.8) is 0 Å². The third-order valence-electron chi connectivity index (χ3n) is 4.83. The van der Waals surface area contributed by atoms with E-state index in [4.69, 9.17) is 11.5 Å². The van der Waals surface area contributed by atoms with E-state index in [9.17, 15) is 0 Å². The smallest absolute Gasteiger partial charge is 0.0736 e. The minimum absolute atomic E-state index is 0.324. The van der Waals surface area contributed by atoms with Crippen LogP contribution in [0, 0.1) is 11.8 Å². The number of hydrogen-bond donors (Lipinski definition) is 3. The van der Waals surface area contributed by atoms with Crippen LogP contribution in [0.4, 0.5) is 0 Å². The number of nitrogens with two attached hydrogens (primary N) is 2. The van der Waals surface area contributed by atoms with E-state index in [-0.39, 0.29) is 0 Å². The van der Waals surface area contributed by atoms with Crippen molar-refractivity contribution in [2.24, 2.45) is 23.3 Å².